The lowest BCUT2D eigenvalue weighted by molar-refractivity contribution is -0.136. The molecular weight excluding hydrogens is 403 g/mol. The first kappa shape index (κ1) is 21.8. The molecule has 1 aliphatic rings. The summed E-state index contributed by atoms with van der Waals surface area (Å²) in [5.74, 6) is 0.750. The number of aromatic nitrogens is 1. The van der Waals surface area contributed by atoms with Crippen molar-refractivity contribution in [2.24, 2.45) is 11.8 Å². The predicted octanol–water partition coefficient (Wildman–Crippen LogP) is 4.05. The van der Waals surface area contributed by atoms with Crippen LogP contribution in [0.2, 0.25) is 0 Å². The van der Waals surface area contributed by atoms with E-state index in [4.69, 9.17) is 0 Å². The van der Waals surface area contributed by atoms with Crippen LogP contribution in [0.4, 0.5) is 18.9 Å². The molecule has 1 aliphatic heterocycles. The van der Waals surface area contributed by atoms with E-state index in [0.717, 1.165) is 50.4 Å². The van der Waals surface area contributed by atoms with Gasteiger partial charge in [0.05, 0.1) is 17.3 Å². The molecule has 0 spiro atoms. The summed E-state index contributed by atoms with van der Waals surface area (Å²) in [5, 5.41) is 0.508. The van der Waals surface area contributed by atoms with Crippen LogP contribution in [0.15, 0.2) is 30.5 Å². The van der Waals surface area contributed by atoms with Crippen LogP contribution in [0.5, 0.6) is 0 Å². The number of fused-ring (bicyclic) bond motifs is 1. The third-order valence-corrected chi connectivity index (χ3v) is 6.02. The normalized spacial score (nSPS) is 20.9. The molecule has 0 aliphatic carbocycles. The molecule has 0 radical (unpaired) electrons. The summed E-state index contributed by atoms with van der Waals surface area (Å²) in [6.45, 7) is 4.04. The Morgan fingerprint density at radius 3 is 2.69 bits per heavy atom. The number of pyridine rings is 1. The maximum Gasteiger partial charge on any atom is 0.418 e. The zero-order chi connectivity index (χ0) is 21.2. The number of hydrogen-bond donors (Lipinski definition) is 1. The first-order valence-electron chi connectivity index (χ1n) is 9.69. The molecular formula is C20H26F3N3O2S. The minimum Gasteiger partial charge on any atom is -0.370 e. The van der Waals surface area contributed by atoms with Gasteiger partial charge in [-0.3, -0.25) is 4.98 Å². The van der Waals surface area contributed by atoms with Crippen molar-refractivity contribution < 1.29 is 21.6 Å². The number of halogens is 3. The highest BCUT2D eigenvalue weighted by Crippen LogP contribution is 2.39. The van der Waals surface area contributed by atoms with Gasteiger partial charge in [-0.2, -0.15) is 13.2 Å². The molecule has 0 bridgehead atoms. The summed E-state index contributed by atoms with van der Waals surface area (Å²) in [6, 6.07) is 6.02. The lowest BCUT2D eigenvalue weighted by atomic mass is 9.86. The minimum atomic E-state index is -4.45. The van der Waals surface area contributed by atoms with Crippen LogP contribution in [0.1, 0.15) is 31.7 Å². The summed E-state index contributed by atoms with van der Waals surface area (Å²) >= 11 is 0. The van der Waals surface area contributed by atoms with Gasteiger partial charge in [0.15, 0.2) is 0 Å². The predicted molar refractivity (Wildman–Crippen MR) is 108 cm³/mol. The molecule has 2 heterocycles. The first-order valence-corrected chi connectivity index (χ1v) is 11.6. The van der Waals surface area contributed by atoms with E-state index in [1.165, 1.54) is 6.20 Å². The van der Waals surface area contributed by atoms with Crippen molar-refractivity contribution in [3.63, 3.8) is 0 Å². The maximum atomic E-state index is 13.4. The number of sulfonamides is 1. The van der Waals surface area contributed by atoms with Crippen LogP contribution >= 0.6 is 0 Å². The number of piperidine rings is 1. The summed E-state index contributed by atoms with van der Waals surface area (Å²) < 4.78 is 65.0. The molecule has 3 rings (SSSR count). The maximum absolute atomic E-state index is 13.4. The van der Waals surface area contributed by atoms with E-state index in [9.17, 15) is 21.6 Å². The Morgan fingerprint density at radius 2 is 2.00 bits per heavy atom. The van der Waals surface area contributed by atoms with Crippen molar-refractivity contribution in [2.45, 2.75) is 32.4 Å². The Bertz CT molecular complexity index is 963. The number of alkyl halides is 3. The zero-order valence-electron chi connectivity index (χ0n) is 16.5. The number of nitrogens with one attached hydrogen (secondary N) is 1. The fraction of sp³-hybridized carbons (Fsp3) is 0.550. The molecule has 1 N–H and O–H groups in total. The number of rotatable bonds is 6. The molecule has 1 fully saturated rings. The summed E-state index contributed by atoms with van der Waals surface area (Å²) in [7, 11) is -3.19. The number of anilines is 1. The van der Waals surface area contributed by atoms with Gasteiger partial charge in [-0.25, -0.2) is 13.1 Å². The molecule has 0 saturated carbocycles. The smallest absolute Gasteiger partial charge is 0.370 e. The van der Waals surface area contributed by atoms with Crippen molar-refractivity contribution in [1.82, 2.24) is 9.71 Å². The molecule has 2 aromatic rings. The van der Waals surface area contributed by atoms with Gasteiger partial charge in [0.2, 0.25) is 10.0 Å². The van der Waals surface area contributed by atoms with E-state index in [1.807, 2.05) is 0 Å². The quantitative estimate of drug-likeness (QED) is 0.704. The number of benzene rings is 1. The second-order valence-electron chi connectivity index (χ2n) is 7.95. The van der Waals surface area contributed by atoms with Crippen LogP contribution < -0.4 is 9.62 Å². The van der Waals surface area contributed by atoms with E-state index in [1.54, 1.807) is 18.2 Å². The molecule has 1 aromatic heterocycles. The van der Waals surface area contributed by atoms with Crippen LogP contribution in [0.3, 0.4) is 0 Å². The van der Waals surface area contributed by atoms with Crippen LogP contribution in [-0.4, -0.2) is 39.3 Å². The van der Waals surface area contributed by atoms with E-state index < -0.39 is 21.8 Å². The van der Waals surface area contributed by atoms with Crippen LogP contribution in [0.25, 0.3) is 10.9 Å². The van der Waals surface area contributed by atoms with E-state index in [2.05, 4.69) is 21.5 Å². The molecule has 5 nitrogen and oxygen atoms in total. The standard InChI is InChI=1S/C20H26F3N3O2S/c1-14-11-15(5-3-10-25-29(2,27)28)13-26(12-14)18-8-7-17(20(21,22)23)19-16(18)6-4-9-24-19/h4,6-9,14-15,25H,3,5,10-13H2,1-2H3/t14-,15+/m0/s1. The van der Waals surface area contributed by atoms with Crippen molar-refractivity contribution in [3.05, 3.63) is 36.0 Å². The minimum absolute atomic E-state index is 0.0235. The molecule has 0 unspecified atom stereocenters. The third kappa shape index (κ3) is 5.60. The van der Waals surface area contributed by atoms with Gasteiger partial charge < -0.3 is 4.90 Å². The zero-order valence-corrected chi connectivity index (χ0v) is 17.4. The molecule has 160 valence electrons. The highest BCUT2D eigenvalue weighted by atomic mass is 32.2. The monoisotopic (exact) mass is 429 g/mol. The van der Waals surface area contributed by atoms with E-state index in [-0.39, 0.29) is 5.52 Å². The highest BCUT2D eigenvalue weighted by Gasteiger charge is 2.34. The Morgan fingerprint density at radius 1 is 1.24 bits per heavy atom. The summed E-state index contributed by atoms with van der Waals surface area (Å²) in [4.78, 5) is 6.16. The van der Waals surface area contributed by atoms with Gasteiger partial charge in [0, 0.05) is 36.9 Å². The van der Waals surface area contributed by atoms with Crippen LogP contribution in [0, 0.1) is 11.8 Å². The van der Waals surface area contributed by atoms with Crippen molar-refractivity contribution in [3.8, 4) is 0 Å². The average Bonchev–Trinajstić information content (AvgIpc) is 2.62. The van der Waals surface area contributed by atoms with Gasteiger partial charge in [-0.1, -0.05) is 6.92 Å². The lowest BCUT2D eigenvalue weighted by Crippen LogP contribution is -2.40. The molecule has 1 saturated heterocycles. The Labute approximate surface area is 169 Å². The van der Waals surface area contributed by atoms with Gasteiger partial charge in [0.25, 0.3) is 0 Å². The summed E-state index contributed by atoms with van der Waals surface area (Å²) in [5.41, 5.74) is 0.0295. The molecule has 1 aromatic carbocycles. The topological polar surface area (TPSA) is 62.3 Å². The first-order chi connectivity index (χ1) is 13.5. The van der Waals surface area contributed by atoms with E-state index >= 15 is 0 Å². The van der Waals surface area contributed by atoms with Gasteiger partial charge in [-0.05, 0) is 55.4 Å². The second-order valence-corrected chi connectivity index (χ2v) is 9.78. The van der Waals surface area contributed by atoms with Crippen molar-refractivity contribution in [2.75, 3.05) is 30.8 Å². The van der Waals surface area contributed by atoms with Crippen molar-refractivity contribution >= 4 is 26.6 Å². The Kier molecular flexibility index (Phi) is 6.38. The molecule has 0 amide bonds. The SMILES string of the molecule is C[C@H]1C[C@@H](CCCNS(C)(=O)=O)CN(c2ccc(C(F)(F)F)c3ncccc23)C1. The average molecular weight is 430 g/mol. The summed E-state index contributed by atoms with van der Waals surface area (Å²) in [6.07, 6.45) is 0.689. The lowest BCUT2D eigenvalue weighted by Gasteiger charge is -2.38. The largest absolute Gasteiger partial charge is 0.418 e. The highest BCUT2D eigenvalue weighted by molar-refractivity contribution is 7.88. The molecule has 2 atom stereocenters. The Balaban J connectivity index is 1.80. The van der Waals surface area contributed by atoms with Crippen molar-refractivity contribution in [1.29, 1.82) is 0 Å². The van der Waals surface area contributed by atoms with E-state index in [0.29, 0.717) is 23.8 Å². The van der Waals surface area contributed by atoms with Crippen LogP contribution in [-0.2, 0) is 16.2 Å². The fourth-order valence-electron chi connectivity index (χ4n) is 4.20. The van der Waals surface area contributed by atoms with Gasteiger partial charge in [-0.15, -0.1) is 0 Å². The number of nitrogens with zero attached hydrogens (tertiary/aromatic N) is 2. The van der Waals surface area contributed by atoms with Gasteiger partial charge >= 0.3 is 6.18 Å². The third-order valence-electron chi connectivity index (χ3n) is 5.29. The number of hydrogen-bond acceptors (Lipinski definition) is 4. The molecule has 29 heavy (non-hydrogen) atoms. The Hall–Kier alpha value is -1.87. The van der Waals surface area contributed by atoms with Gasteiger partial charge in [0.1, 0.15) is 0 Å². The second kappa shape index (κ2) is 8.47. The fourth-order valence-corrected chi connectivity index (χ4v) is 4.71. The molecule has 9 heteroatoms.